The third-order valence-electron chi connectivity index (χ3n) is 4.63. The molecule has 1 amide bonds. The fourth-order valence-electron chi connectivity index (χ4n) is 2.88. The number of ether oxygens (including phenoxy) is 1. The maximum absolute atomic E-state index is 13.0. The van der Waals surface area contributed by atoms with E-state index in [1.54, 1.807) is 4.90 Å². The van der Waals surface area contributed by atoms with Crippen molar-refractivity contribution in [2.75, 3.05) is 17.2 Å². The van der Waals surface area contributed by atoms with Crippen LogP contribution >= 0.6 is 11.8 Å². The van der Waals surface area contributed by atoms with Crippen LogP contribution in [0.3, 0.4) is 0 Å². The van der Waals surface area contributed by atoms with Crippen LogP contribution in [0.1, 0.15) is 17.5 Å². The monoisotopic (exact) mass is 476 g/mol. The zero-order valence-electron chi connectivity index (χ0n) is 17.7. The number of aromatic nitrogens is 4. The Morgan fingerprint density at radius 1 is 1.18 bits per heavy atom. The highest BCUT2D eigenvalue weighted by Crippen LogP contribution is 2.26. The molecule has 12 heteroatoms. The summed E-state index contributed by atoms with van der Waals surface area (Å²) in [7, 11) is 0. The van der Waals surface area contributed by atoms with Crippen molar-refractivity contribution in [3.63, 3.8) is 0 Å². The van der Waals surface area contributed by atoms with Crippen molar-refractivity contribution in [1.29, 1.82) is 5.26 Å². The number of thioether (sulfide) groups is 1. The molecule has 0 saturated heterocycles. The van der Waals surface area contributed by atoms with E-state index >= 15 is 0 Å². The maximum atomic E-state index is 13.0. The van der Waals surface area contributed by atoms with Gasteiger partial charge in [-0.3, -0.25) is 4.79 Å². The summed E-state index contributed by atoms with van der Waals surface area (Å²) in [6, 6.07) is 12.7. The van der Waals surface area contributed by atoms with Gasteiger partial charge in [0.25, 0.3) is 0 Å². The predicted molar refractivity (Wildman–Crippen MR) is 115 cm³/mol. The Kier molecular flexibility index (Phi) is 7.55. The smallest absolute Gasteiger partial charge is 0.406 e. The Morgan fingerprint density at radius 2 is 1.91 bits per heavy atom. The topological polar surface area (TPSA) is 96.9 Å². The van der Waals surface area contributed by atoms with E-state index in [0.29, 0.717) is 11.4 Å². The largest absolute Gasteiger partial charge is 0.573 e. The van der Waals surface area contributed by atoms with Gasteiger partial charge in [0, 0.05) is 12.2 Å². The second-order valence-corrected chi connectivity index (χ2v) is 7.87. The van der Waals surface area contributed by atoms with E-state index in [0.717, 1.165) is 35.0 Å². The molecule has 0 atom stereocenters. The SMILES string of the molecule is Cc1ccc(N(CCC#N)C(=O)CSc2nnnn2-c2ccc(OC(F)(F)F)cc2)cc1C. The van der Waals surface area contributed by atoms with Crippen molar-refractivity contribution in [2.24, 2.45) is 0 Å². The van der Waals surface area contributed by atoms with Crippen molar-refractivity contribution in [2.45, 2.75) is 31.8 Å². The van der Waals surface area contributed by atoms with E-state index in [1.165, 1.54) is 16.8 Å². The van der Waals surface area contributed by atoms with E-state index in [2.05, 4.69) is 20.3 Å². The van der Waals surface area contributed by atoms with Gasteiger partial charge >= 0.3 is 6.36 Å². The third-order valence-corrected chi connectivity index (χ3v) is 5.54. The fourth-order valence-corrected chi connectivity index (χ4v) is 3.64. The van der Waals surface area contributed by atoms with E-state index in [9.17, 15) is 18.0 Å². The standard InChI is InChI=1S/C21H19F3N6O2S/c1-14-4-5-17(12-15(14)2)29(11-3-10-25)19(31)13-33-20-26-27-28-30(20)16-6-8-18(9-7-16)32-21(22,23)24/h4-9,12H,3,11,13H2,1-2H3. The lowest BCUT2D eigenvalue weighted by Gasteiger charge is -2.22. The van der Waals surface area contributed by atoms with Gasteiger partial charge in [-0.2, -0.15) is 9.94 Å². The molecule has 3 rings (SSSR count). The molecule has 8 nitrogen and oxygen atoms in total. The molecular weight excluding hydrogens is 457 g/mol. The summed E-state index contributed by atoms with van der Waals surface area (Å²) in [5.74, 6) is -0.610. The number of nitriles is 1. The van der Waals surface area contributed by atoms with Gasteiger partial charge in [0.15, 0.2) is 0 Å². The number of halogens is 3. The van der Waals surface area contributed by atoms with E-state index in [4.69, 9.17) is 5.26 Å². The zero-order valence-corrected chi connectivity index (χ0v) is 18.5. The first-order valence-electron chi connectivity index (χ1n) is 9.70. The van der Waals surface area contributed by atoms with E-state index < -0.39 is 6.36 Å². The number of tetrazole rings is 1. The number of aryl methyl sites for hydroxylation is 2. The third kappa shape index (κ3) is 6.45. The molecule has 0 spiro atoms. The van der Waals surface area contributed by atoms with Gasteiger partial charge in [-0.05, 0) is 71.8 Å². The number of nitrogens with zero attached hydrogens (tertiary/aromatic N) is 6. The van der Waals surface area contributed by atoms with Crippen LogP contribution in [0.4, 0.5) is 18.9 Å². The first-order chi connectivity index (χ1) is 15.7. The number of amides is 1. The van der Waals surface area contributed by atoms with Crippen LogP contribution in [0.15, 0.2) is 47.6 Å². The molecule has 3 aromatic rings. The first-order valence-corrected chi connectivity index (χ1v) is 10.7. The number of hydrogen-bond acceptors (Lipinski definition) is 7. The average molecular weight is 476 g/mol. The Balaban J connectivity index is 1.72. The van der Waals surface area contributed by atoms with E-state index in [-0.39, 0.29) is 35.5 Å². The van der Waals surface area contributed by atoms with Crippen molar-refractivity contribution < 1.29 is 22.7 Å². The molecule has 0 aliphatic heterocycles. The van der Waals surface area contributed by atoms with Crippen molar-refractivity contribution in [3.8, 4) is 17.5 Å². The van der Waals surface area contributed by atoms with Crippen molar-refractivity contribution in [3.05, 3.63) is 53.6 Å². The number of carbonyl (C=O) groups is 1. The summed E-state index contributed by atoms with van der Waals surface area (Å²) in [4.78, 5) is 14.5. The van der Waals surface area contributed by atoms with Gasteiger partial charge in [0.05, 0.1) is 23.9 Å². The summed E-state index contributed by atoms with van der Waals surface area (Å²) >= 11 is 1.08. The minimum absolute atomic E-state index is 0.00596. The maximum Gasteiger partial charge on any atom is 0.573 e. The number of alkyl halides is 3. The molecule has 0 saturated carbocycles. The lowest BCUT2D eigenvalue weighted by atomic mass is 10.1. The van der Waals surface area contributed by atoms with Gasteiger partial charge < -0.3 is 9.64 Å². The Morgan fingerprint density at radius 3 is 2.55 bits per heavy atom. The van der Waals surface area contributed by atoms with Gasteiger partial charge in [-0.25, -0.2) is 0 Å². The lowest BCUT2D eigenvalue weighted by Crippen LogP contribution is -2.33. The summed E-state index contributed by atoms with van der Waals surface area (Å²) in [6.45, 7) is 4.15. The highest BCUT2D eigenvalue weighted by atomic mass is 32.2. The molecule has 0 fully saturated rings. The predicted octanol–water partition coefficient (Wildman–Crippen LogP) is 4.22. The zero-order chi connectivity index (χ0) is 24.0. The second kappa shape index (κ2) is 10.4. The summed E-state index contributed by atoms with van der Waals surface area (Å²) in [5.41, 5.74) is 3.21. The van der Waals surface area contributed by atoms with Gasteiger partial charge in [-0.1, -0.05) is 17.8 Å². The molecule has 1 aromatic heterocycles. The number of rotatable bonds is 8. The number of anilines is 1. The molecule has 33 heavy (non-hydrogen) atoms. The normalized spacial score (nSPS) is 11.2. The van der Waals surface area contributed by atoms with Crippen LogP contribution in [0.5, 0.6) is 5.75 Å². The quantitative estimate of drug-likeness (QED) is 0.449. The van der Waals surface area contributed by atoms with Gasteiger partial charge in [-0.15, -0.1) is 18.3 Å². The van der Waals surface area contributed by atoms with Crippen LogP contribution in [-0.2, 0) is 4.79 Å². The lowest BCUT2D eigenvalue weighted by molar-refractivity contribution is -0.274. The minimum atomic E-state index is -4.79. The van der Waals surface area contributed by atoms with Gasteiger partial charge in [0.1, 0.15) is 5.75 Å². The Hall–Kier alpha value is -3.59. The van der Waals surface area contributed by atoms with E-state index in [1.807, 2.05) is 38.1 Å². The number of carbonyl (C=O) groups excluding carboxylic acids is 1. The van der Waals surface area contributed by atoms with Crippen LogP contribution in [0.2, 0.25) is 0 Å². The van der Waals surface area contributed by atoms with Crippen molar-refractivity contribution in [1.82, 2.24) is 20.2 Å². The summed E-state index contributed by atoms with van der Waals surface area (Å²) in [5, 5.41) is 20.6. The highest BCUT2D eigenvalue weighted by molar-refractivity contribution is 7.99. The second-order valence-electron chi connectivity index (χ2n) is 6.93. The highest BCUT2D eigenvalue weighted by Gasteiger charge is 2.31. The molecule has 1 heterocycles. The molecule has 2 aromatic carbocycles. The summed E-state index contributed by atoms with van der Waals surface area (Å²) < 4.78 is 42.2. The van der Waals surface area contributed by atoms with Crippen LogP contribution in [0, 0.1) is 25.2 Å². The van der Waals surface area contributed by atoms with Gasteiger partial charge in [0.2, 0.25) is 11.1 Å². The van der Waals surface area contributed by atoms with Crippen LogP contribution in [0.25, 0.3) is 5.69 Å². The summed E-state index contributed by atoms with van der Waals surface area (Å²) in [6.07, 6.45) is -4.61. The molecule has 0 aliphatic rings. The average Bonchev–Trinajstić information content (AvgIpc) is 3.23. The molecule has 0 N–H and O–H groups in total. The van der Waals surface area contributed by atoms with Crippen LogP contribution in [-0.4, -0.2) is 44.8 Å². The molecule has 0 aliphatic carbocycles. The molecule has 0 bridgehead atoms. The molecule has 172 valence electrons. The van der Waals surface area contributed by atoms with Crippen LogP contribution < -0.4 is 9.64 Å². The van der Waals surface area contributed by atoms with Crippen molar-refractivity contribution >= 4 is 23.4 Å². The fraction of sp³-hybridized carbons (Fsp3) is 0.286. The molecular formula is C21H19F3N6O2S. The minimum Gasteiger partial charge on any atom is -0.406 e. The number of hydrogen-bond donors (Lipinski definition) is 0. The first kappa shape index (κ1) is 24.1. The Bertz CT molecular complexity index is 1160. The molecule has 0 radical (unpaired) electrons. The molecule has 0 unspecified atom stereocenters. The Labute approximate surface area is 191 Å². The number of benzene rings is 2.